The van der Waals surface area contributed by atoms with E-state index >= 15 is 0 Å². The van der Waals surface area contributed by atoms with Gasteiger partial charge in [-0.25, -0.2) is 0 Å². The van der Waals surface area contributed by atoms with Crippen molar-refractivity contribution in [3.05, 3.63) is 57.8 Å². The van der Waals surface area contributed by atoms with Gasteiger partial charge in [-0.2, -0.15) is 12.2 Å². The smallest absolute Gasteiger partial charge is 0.148 e. The van der Waals surface area contributed by atoms with Crippen LogP contribution >= 0.6 is 22.6 Å². The van der Waals surface area contributed by atoms with E-state index < -0.39 is 0 Å². The van der Waals surface area contributed by atoms with Crippen LogP contribution < -0.4 is 4.74 Å². The summed E-state index contributed by atoms with van der Waals surface area (Å²) in [5.74, 6) is 3.23. The maximum atomic E-state index is 5.38. The summed E-state index contributed by atoms with van der Waals surface area (Å²) in [6.07, 6.45) is 10.5. The predicted molar refractivity (Wildman–Crippen MR) is 91.0 cm³/mol. The van der Waals surface area contributed by atoms with Gasteiger partial charge in [-0.05, 0) is 24.8 Å². The molecule has 0 unspecified atom stereocenters. The standard InChI is InChI=1S/C17H15INO.Y/c1-4-12-20-15-8-6-14(7-9-15)17-11-10-16(18)13(3)19(17)5-2;/h1,6-10H,3,5,12H2,2H3;/q-1;. The van der Waals surface area contributed by atoms with Crippen LogP contribution in [0, 0.1) is 18.4 Å². The second-order valence-corrected chi connectivity index (χ2v) is 5.36. The molecule has 1 heterocycles. The number of rotatable bonds is 4. The molecule has 1 aliphatic heterocycles. The SMILES string of the molecule is C#CCOc1ccc(C2=[C-]C=C(I)C(=C)N2CC)cc1.[Y]. The minimum absolute atomic E-state index is 0. The van der Waals surface area contributed by atoms with Crippen LogP contribution in [0.15, 0.2) is 46.2 Å². The molecule has 105 valence electrons. The van der Waals surface area contributed by atoms with Crippen LogP contribution in [-0.4, -0.2) is 18.1 Å². The summed E-state index contributed by atoms with van der Waals surface area (Å²) >= 11 is 2.28. The Morgan fingerprint density at radius 3 is 2.62 bits per heavy atom. The Kier molecular flexibility index (Phi) is 7.72. The fraction of sp³-hybridized carbons (Fsp3) is 0.176. The zero-order valence-corrected chi connectivity index (χ0v) is 16.9. The molecule has 2 rings (SSSR count). The van der Waals surface area contributed by atoms with Gasteiger partial charge in [-0.1, -0.05) is 27.3 Å². The van der Waals surface area contributed by atoms with Gasteiger partial charge in [0, 0.05) is 39.3 Å². The maximum absolute atomic E-state index is 5.38. The number of benzene rings is 1. The molecule has 2 nitrogen and oxygen atoms in total. The molecule has 0 spiro atoms. The first kappa shape index (κ1) is 18.5. The van der Waals surface area contributed by atoms with E-state index in [0.29, 0.717) is 0 Å². The zero-order valence-electron chi connectivity index (χ0n) is 11.9. The summed E-state index contributed by atoms with van der Waals surface area (Å²) in [5, 5.41) is 0. The molecule has 1 aromatic rings. The van der Waals surface area contributed by atoms with Crippen LogP contribution in [0.2, 0.25) is 0 Å². The van der Waals surface area contributed by atoms with E-state index in [1.807, 2.05) is 30.3 Å². The normalized spacial score (nSPS) is 13.8. The van der Waals surface area contributed by atoms with Gasteiger partial charge in [-0.3, -0.25) is 0 Å². The molecular formula is C17H15INOY-. The summed E-state index contributed by atoms with van der Waals surface area (Å²) in [6, 6.07) is 7.86. The molecule has 0 aliphatic carbocycles. The molecule has 0 aromatic heterocycles. The van der Waals surface area contributed by atoms with E-state index in [9.17, 15) is 0 Å². The van der Waals surface area contributed by atoms with Crippen molar-refractivity contribution in [3.63, 3.8) is 0 Å². The predicted octanol–water partition coefficient (Wildman–Crippen LogP) is 4.01. The van der Waals surface area contributed by atoms with Crippen LogP contribution in [0.3, 0.4) is 0 Å². The van der Waals surface area contributed by atoms with E-state index in [0.717, 1.165) is 32.8 Å². The minimum Gasteiger partial charge on any atom is -0.481 e. The quantitative estimate of drug-likeness (QED) is 0.379. The number of halogens is 1. The van der Waals surface area contributed by atoms with Crippen molar-refractivity contribution in [2.24, 2.45) is 0 Å². The Morgan fingerprint density at radius 1 is 1.38 bits per heavy atom. The van der Waals surface area contributed by atoms with Gasteiger partial charge in [0.05, 0.1) is 0 Å². The Morgan fingerprint density at radius 2 is 2.05 bits per heavy atom. The molecule has 0 fully saturated rings. The largest absolute Gasteiger partial charge is 0.481 e. The second-order valence-electron chi connectivity index (χ2n) is 4.19. The van der Waals surface area contributed by atoms with Crippen LogP contribution in [0.4, 0.5) is 0 Å². The number of terminal acetylenes is 1. The average molecular weight is 465 g/mol. The van der Waals surface area contributed by atoms with Gasteiger partial charge >= 0.3 is 0 Å². The Labute approximate surface area is 165 Å². The molecule has 1 aliphatic rings. The topological polar surface area (TPSA) is 12.5 Å². The Balaban J connectivity index is 0.00000220. The third-order valence-corrected chi connectivity index (χ3v) is 3.91. The van der Waals surface area contributed by atoms with E-state index in [-0.39, 0.29) is 39.3 Å². The Hall–Kier alpha value is -0.566. The third kappa shape index (κ3) is 4.45. The van der Waals surface area contributed by atoms with E-state index in [2.05, 4.69) is 53.0 Å². The van der Waals surface area contributed by atoms with Crippen molar-refractivity contribution in [2.75, 3.05) is 13.2 Å². The first-order valence-corrected chi connectivity index (χ1v) is 7.38. The number of hydrogen-bond acceptors (Lipinski definition) is 2. The number of nitrogens with zero attached hydrogens (tertiary/aromatic N) is 1. The Bertz CT molecular complexity index is 611. The molecule has 0 amide bonds. The molecule has 4 heteroatoms. The fourth-order valence-corrected chi connectivity index (χ4v) is 2.43. The van der Waals surface area contributed by atoms with E-state index in [1.165, 1.54) is 0 Å². The molecule has 0 N–H and O–H groups in total. The van der Waals surface area contributed by atoms with Gasteiger partial charge in [0.1, 0.15) is 12.4 Å². The number of likely N-dealkylation sites (N-methyl/N-ethyl adjacent to an activating group) is 1. The second kappa shape index (κ2) is 8.77. The van der Waals surface area contributed by atoms with Gasteiger partial charge < -0.3 is 9.64 Å². The molecule has 1 radical (unpaired) electrons. The molecule has 21 heavy (non-hydrogen) atoms. The number of hydrogen-bond donors (Lipinski definition) is 0. The van der Waals surface area contributed by atoms with Crippen LogP contribution in [0.25, 0.3) is 5.70 Å². The van der Waals surface area contributed by atoms with Crippen molar-refractivity contribution >= 4 is 28.3 Å². The molecule has 0 bridgehead atoms. The molecule has 0 atom stereocenters. The monoisotopic (exact) mass is 465 g/mol. The van der Waals surface area contributed by atoms with Crippen molar-refractivity contribution in [3.8, 4) is 18.1 Å². The number of ether oxygens (including phenoxy) is 1. The third-order valence-electron chi connectivity index (χ3n) is 2.97. The summed E-state index contributed by atoms with van der Waals surface area (Å²) in [7, 11) is 0. The fourth-order valence-electron chi connectivity index (χ4n) is 1.98. The molecule has 0 saturated carbocycles. The van der Waals surface area contributed by atoms with Gasteiger partial charge in [0.15, 0.2) is 0 Å². The van der Waals surface area contributed by atoms with Gasteiger partial charge in [0.2, 0.25) is 0 Å². The number of allylic oxidation sites excluding steroid dienone is 3. The van der Waals surface area contributed by atoms with Crippen molar-refractivity contribution < 1.29 is 37.4 Å². The van der Waals surface area contributed by atoms with Crippen molar-refractivity contribution in [1.29, 1.82) is 0 Å². The van der Waals surface area contributed by atoms with Crippen molar-refractivity contribution in [2.45, 2.75) is 6.92 Å². The van der Waals surface area contributed by atoms with E-state index in [1.54, 1.807) is 0 Å². The summed E-state index contributed by atoms with van der Waals surface area (Å²) in [5.41, 5.74) is 3.12. The molecular weight excluding hydrogens is 450 g/mol. The summed E-state index contributed by atoms with van der Waals surface area (Å²) in [6.45, 7) is 7.37. The first-order chi connectivity index (χ1) is 9.67. The van der Waals surface area contributed by atoms with Crippen LogP contribution in [-0.2, 0) is 32.7 Å². The van der Waals surface area contributed by atoms with Gasteiger partial charge in [-0.15, -0.1) is 41.1 Å². The first-order valence-electron chi connectivity index (χ1n) is 6.30. The summed E-state index contributed by atoms with van der Waals surface area (Å²) in [4.78, 5) is 2.15. The molecule has 1 aromatic carbocycles. The zero-order chi connectivity index (χ0) is 14.5. The van der Waals surface area contributed by atoms with E-state index in [4.69, 9.17) is 11.2 Å². The minimum atomic E-state index is 0. The molecule has 0 saturated heterocycles. The maximum Gasteiger partial charge on any atom is 0.148 e. The van der Waals surface area contributed by atoms with Crippen LogP contribution in [0.5, 0.6) is 5.75 Å². The summed E-state index contributed by atoms with van der Waals surface area (Å²) < 4.78 is 6.49. The van der Waals surface area contributed by atoms with Crippen LogP contribution in [0.1, 0.15) is 12.5 Å². The van der Waals surface area contributed by atoms with Gasteiger partial charge in [0.25, 0.3) is 0 Å². The average Bonchev–Trinajstić information content (AvgIpc) is 2.48. The van der Waals surface area contributed by atoms with Crippen molar-refractivity contribution in [1.82, 2.24) is 4.90 Å².